The van der Waals surface area contributed by atoms with Gasteiger partial charge in [0, 0.05) is 18.5 Å². The van der Waals surface area contributed by atoms with Crippen molar-refractivity contribution in [3.63, 3.8) is 0 Å². The van der Waals surface area contributed by atoms with Crippen LogP contribution in [-0.4, -0.2) is 30.1 Å². The highest BCUT2D eigenvalue weighted by Gasteiger charge is 2.54. The minimum absolute atomic E-state index is 0.138. The third kappa shape index (κ3) is 1.19. The SMILES string of the molecule is N=[N+]=NC1CC2(C1)CN(C(=O)[O-])C2. The minimum Gasteiger partial charge on any atom is -0.530 e. The fraction of sp³-hybridized carbons (Fsp3) is 0.857. The second-order valence-corrected chi connectivity index (χ2v) is 3.90. The molecule has 70 valence electrons. The van der Waals surface area contributed by atoms with Crippen molar-refractivity contribution in [3.8, 4) is 0 Å². The molecular weight excluding hydrogens is 172 g/mol. The van der Waals surface area contributed by atoms with Crippen molar-refractivity contribution in [2.75, 3.05) is 13.1 Å². The van der Waals surface area contributed by atoms with Gasteiger partial charge in [-0.15, -0.1) is 0 Å². The summed E-state index contributed by atoms with van der Waals surface area (Å²) in [6.07, 6.45) is 0.634. The predicted molar refractivity (Wildman–Crippen MR) is 39.7 cm³/mol. The van der Waals surface area contributed by atoms with Gasteiger partial charge in [-0.1, -0.05) is 0 Å². The molecule has 0 aromatic rings. The van der Waals surface area contributed by atoms with Gasteiger partial charge in [-0.3, -0.25) is 0 Å². The number of carboxylic acid groups (broad SMARTS) is 1. The predicted octanol–water partition coefficient (Wildman–Crippen LogP) is -0.656. The summed E-state index contributed by atoms with van der Waals surface area (Å²) in [6, 6.07) is 0.140. The van der Waals surface area contributed by atoms with Crippen LogP contribution in [0.4, 0.5) is 4.79 Å². The standard InChI is InChI=1S/C7H10N4O2/c8-10-9-5-1-7(2-5)3-11(4-7)6(12)13/h5,8H,1-4H2. The monoisotopic (exact) mass is 182 g/mol. The molecule has 0 aromatic heterocycles. The maximum Gasteiger partial charge on any atom is 0.214 e. The lowest BCUT2D eigenvalue weighted by atomic mass is 9.61. The van der Waals surface area contributed by atoms with Gasteiger partial charge in [-0.05, 0) is 12.8 Å². The van der Waals surface area contributed by atoms with E-state index in [1.165, 1.54) is 4.90 Å². The second kappa shape index (κ2) is 2.53. The number of nitrogens with one attached hydrogen (secondary N) is 1. The molecule has 0 unspecified atom stereocenters. The highest BCUT2D eigenvalue weighted by atomic mass is 16.4. The number of amides is 1. The first-order chi connectivity index (χ1) is 6.15. The average molecular weight is 182 g/mol. The molecule has 1 spiro atoms. The van der Waals surface area contributed by atoms with Crippen LogP contribution in [0.3, 0.4) is 0 Å². The molecule has 1 heterocycles. The summed E-state index contributed by atoms with van der Waals surface area (Å²) in [4.78, 5) is 14.6. The van der Waals surface area contributed by atoms with E-state index in [1.807, 2.05) is 0 Å². The molecule has 1 amide bonds. The quantitative estimate of drug-likeness (QED) is 0.430. The van der Waals surface area contributed by atoms with E-state index in [-0.39, 0.29) is 11.5 Å². The van der Waals surface area contributed by atoms with Gasteiger partial charge in [-0.25, -0.2) is 0 Å². The van der Waals surface area contributed by atoms with Gasteiger partial charge in [0.1, 0.15) is 22.8 Å². The van der Waals surface area contributed by atoms with E-state index in [0.29, 0.717) is 13.1 Å². The molecule has 2 aliphatic rings. The Balaban J connectivity index is 1.82. The maximum atomic E-state index is 10.4. The Morgan fingerprint density at radius 1 is 1.62 bits per heavy atom. The van der Waals surface area contributed by atoms with Gasteiger partial charge >= 0.3 is 0 Å². The average Bonchev–Trinajstić information content (AvgIpc) is 1.90. The fourth-order valence-corrected chi connectivity index (χ4v) is 2.25. The summed E-state index contributed by atoms with van der Waals surface area (Å²) in [5.74, 6) is 0. The number of carbonyl (C=O) groups excluding carboxylic acids is 1. The first kappa shape index (κ1) is 8.19. The topological polar surface area (TPSA) is 93.7 Å². The molecule has 1 aliphatic heterocycles. The Labute approximate surface area is 74.8 Å². The van der Waals surface area contributed by atoms with Crippen LogP contribution in [0, 0.1) is 10.9 Å². The molecule has 6 nitrogen and oxygen atoms in total. The molecule has 0 atom stereocenters. The van der Waals surface area contributed by atoms with E-state index in [1.54, 1.807) is 0 Å². The molecule has 6 heteroatoms. The number of hydrogen-bond acceptors (Lipinski definition) is 4. The number of rotatable bonds is 1. The Hall–Kier alpha value is -1.42. The van der Waals surface area contributed by atoms with Crippen molar-refractivity contribution < 1.29 is 9.90 Å². The summed E-state index contributed by atoms with van der Waals surface area (Å²) in [5, 5.41) is 14.0. The smallest absolute Gasteiger partial charge is 0.214 e. The van der Waals surface area contributed by atoms with Crippen molar-refractivity contribution >= 4 is 6.09 Å². The van der Waals surface area contributed by atoms with E-state index in [4.69, 9.17) is 5.53 Å². The van der Waals surface area contributed by atoms with Crippen LogP contribution in [0.15, 0.2) is 5.11 Å². The van der Waals surface area contributed by atoms with Crippen molar-refractivity contribution in [3.05, 3.63) is 0 Å². The molecule has 0 bridgehead atoms. The molecule has 0 aromatic carbocycles. The lowest BCUT2D eigenvalue weighted by Crippen LogP contribution is -2.66. The molecule has 1 saturated carbocycles. The lowest BCUT2D eigenvalue weighted by Gasteiger charge is -2.57. The molecule has 13 heavy (non-hydrogen) atoms. The van der Waals surface area contributed by atoms with E-state index in [9.17, 15) is 9.90 Å². The Morgan fingerprint density at radius 2 is 2.23 bits per heavy atom. The Bertz CT molecular complexity index is 265. The Morgan fingerprint density at radius 3 is 2.69 bits per heavy atom. The van der Waals surface area contributed by atoms with Crippen molar-refractivity contribution in [2.24, 2.45) is 10.5 Å². The third-order valence-corrected chi connectivity index (χ3v) is 2.87. The molecular formula is C7H10N4O2. The number of hydrogen-bond donors (Lipinski definition) is 1. The van der Waals surface area contributed by atoms with Gasteiger partial charge in [0.05, 0.1) is 0 Å². The molecule has 1 saturated heterocycles. The summed E-state index contributed by atoms with van der Waals surface area (Å²) < 4.78 is 0. The lowest BCUT2D eigenvalue weighted by molar-refractivity contribution is -0.278. The van der Waals surface area contributed by atoms with Crippen LogP contribution in [0.2, 0.25) is 0 Å². The van der Waals surface area contributed by atoms with E-state index < -0.39 is 6.09 Å². The zero-order valence-corrected chi connectivity index (χ0v) is 7.06. The number of likely N-dealkylation sites (tertiary alicyclic amines) is 1. The molecule has 1 aliphatic carbocycles. The molecule has 2 fully saturated rings. The normalized spacial score (nSPS) is 24.5. The summed E-state index contributed by atoms with van der Waals surface area (Å²) >= 11 is 0. The van der Waals surface area contributed by atoms with Gasteiger partial charge in [0.15, 0.2) is 0 Å². The van der Waals surface area contributed by atoms with E-state index in [2.05, 4.69) is 10.0 Å². The fourth-order valence-electron chi connectivity index (χ4n) is 2.25. The second-order valence-electron chi connectivity index (χ2n) is 3.90. The van der Waals surface area contributed by atoms with E-state index >= 15 is 0 Å². The van der Waals surface area contributed by atoms with Crippen molar-refractivity contribution in [1.82, 2.24) is 9.81 Å². The maximum absolute atomic E-state index is 10.4. The van der Waals surface area contributed by atoms with Crippen LogP contribution in [0.5, 0.6) is 0 Å². The number of nitrogens with zero attached hydrogens (tertiary/aromatic N) is 3. The highest BCUT2D eigenvalue weighted by Crippen LogP contribution is 2.49. The van der Waals surface area contributed by atoms with Crippen molar-refractivity contribution in [2.45, 2.75) is 18.9 Å². The third-order valence-electron chi connectivity index (χ3n) is 2.87. The Kier molecular flexibility index (Phi) is 1.60. The molecule has 2 rings (SSSR count). The largest absolute Gasteiger partial charge is 0.530 e. The van der Waals surface area contributed by atoms with Crippen LogP contribution in [0.1, 0.15) is 12.8 Å². The van der Waals surface area contributed by atoms with Crippen molar-refractivity contribution in [1.29, 1.82) is 5.53 Å². The minimum atomic E-state index is -1.09. The van der Waals surface area contributed by atoms with Crippen LogP contribution >= 0.6 is 0 Å². The van der Waals surface area contributed by atoms with Gasteiger partial charge in [-0.2, -0.15) is 0 Å². The first-order valence-electron chi connectivity index (χ1n) is 4.18. The summed E-state index contributed by atoms with van der Waals surface area (Å²) in [7, 11) is 0. The molecule has 0 radical (unpaired) electrons. The number of carbonyl (C=O) groups is 1. The van der Waals surface area contributed by atoms with Crippen LogP contribution in [-0.2, 0) is 0 Å². The van der Waals surface area contributed by atoms with Crippen LogP contribution < -0.4 is 10.0 Å². The summed E-state index contributed by atoms with van der Waals surface area (Å²) in [5.41, 5.74) is 6.66. The van der Waals surface area contributed by atoms with Gasteiger partial charge < -0.3 is 14.8 Å². The van der Waals surface area contributed by atoms with Crippen LogP contribution in [0.25, 0.3) is 0 Å². The van der Waals surface area contributed by atoms with Gasteiger partial charge in [0.25, 0.3) is 0 Å². The zero-order valence-electron chi connectivity index (χ0n) is 7.06. The first-order valence-corrected chi connectivity index (χ1v) is 4.18. The highest BCUT2D eigenvalue weighted by molar-refractivity contribution is 5.64. The summed E-state index contributed by atoms with van der Waals surface area (Å²) in [6.45, 7) is 1.14. The van der Waals surface area contributed by atoms with E-state index in [0.717, 1.165) is 12.8 Å². The molecule has 1 N–H and O–H groups in total. The zero-order chi connectivity index (χ0) is 9.47. The van der Waals surface area contributed by atoms with Gasteiger partial charge in [0.2, 0.25) is 4.91 Å².